The number of amides is 3. The molecule has 2 N–H and O–H groups in total. The molecule has 0 unspecified atom stereocenters. The summed E-state index contributed by atoms with van der Waals surface area (Å²) in [6.45, 7) is 1.23. The Morgan fingerprint density at radius 1 is 1.00 bits per heavy atom. The van der Waals surface area contributed by atoms with Crippen molar-refractivity contribution in [1.82, 2.24) is 14.5 Å². The minimum atomic E-state index is -4.03. The van der Waals surface area contributed by atoms with Crippen molar-refractivity contribution in [3.63, 3.8) is 0 Å². The topological polar surface area (TPSA) is 125 Å². The number of benzene rings is 2. The Bertz CT molecular complexity index is 1090. The van der Waals surface area contributed by atoms with Gasteiger partial charge in [0, 0.05) is 25.3 Å². The second-order valence-corrected chi connectivity index (χ2v) is 9.33. The van der Waals surface area contributed by atoms with Gasteiger partial charge in [0.1, 0.15) is 12.1 Å². The third-order valence-electron chi connectivity index (χ3n) is 5.21. The van der Waals surface area contributed by atoms with Crippen LogP contribution < -0.4 is 10.6 Å². The highest BCUT2D eigenvalue weighted by Crippen LogP contribution is 2.22. The van der Waals surface area contributed by atoms with Gasteiger partial charge >= 0.3 is 12.0 Å². The molecule has 1 saturated heterocycles. The Morgan fingerprint density at radius 3 is 2.21 bits per heavy atom. The predicted molar refractivity (Wildman–Crippen MR) is 121 cm³/mol. The molecule has 0 bridgehead atoms. The number of methoxy groups -OCH3 is 1. The molecule has 1 fully saturated rings. The van der Waals surface area contributed by atoms with Crippen LogP contribution in [0.3, 0.4) is 0 Å². The maximum atomic E-state index is 13.3. The maximum absolute atomic E-state index is 13.3. The molecule has 3 amide bonds. The third kappa shape index (κ3) is 5.68. The average molecular weight is 475 g/mol. The summed E-state index contributed by atoms with van der Waals surface area (Å²) >= 11 is 0. The zero-order valence-corrected chi connectivity index (χ0v) is 19.1. The highest BCUT2D eigenvalue weighted by atomic mass is 32.2. The van der Waals surface area contributed by atoms with Crippen molar-refractivity contribution < 1.29 is 27.5 Å². The fraction of sp³-hybridized carbons (Fsp3) is 0.318. The van der Waals surface area contributed by atoms with E-state index >= 15 is 0 Å². The predicted octanol–water partition coefficient (Wildman–Crippen LogP) is 1.27. The van der Waals surface area contributed by atoms with Crippen LogP contribution in [0, 0.1) is 0 Å². The van der Waals surface area contributed by atoms with Crippen molar-refractivity contribution in [2.45, 2.75) is 23.9 Å². The maximum Gasteiger partial charge on any atom is 0.328 e. The number of nitrogens with one attached hydrogen (secondary N) is 2. The molecule has 1 heterocycles. The normalized spacial score (nSPS) is 17.6. The molecule has 1 aliphatic rings. The molecule has 11 heteroatoms. The fourth-order valence-corrected chi connectivity index (χ4v) is 5.04. The van der Waals surface area contributed by atoms with E-state index in [1.54, 1.807) is 42.5 Å². The minimum absolute atomic E-state index is 0.0333. The van der Waals surface area contributed by atoms with Crippen molar-refractivity contribution in [3.05, 3.63) is 60.7 Å². The number of nitrogens with zero attached hydrogens (tertiary/aromatic N) is 2. The smallest absolute Gasteiger partial charge is 0.328 e. The van der Waals surface area contributed by atoms with E-state index in [9.17, 15) is 22.8 Å². The van der Waals surface area contributed by atoms with Crippen molar-refractivity contribution in [2.75, 3.05) is 32.1 Å². The second kappa shape index (κ2) is 10.5. The van der Waals surface area contributed by atoms with Crippen LogP contribution in [0.25, 0.3) is 0 Å². The summed E-state index contributed by atoms with van der Waals surface area (Å²) in [5.41, 5.74) is 0.571. The molecule has 2 atom stereocenters. The van der Waals surface area contributed by atoms with Gasteiger partial charge in [-0.1, -0.05) is 36.4 Å². The number of ether oxygens (including phenoxy) is 1. The second-order valence-electron chi connectivity index (χ2n) is 7.44. The molecule has 2 aromatic rings. The minimum Gasteiger partial charge on any atom is -0.467 e. The van der Waals surface area contributed by atoms with Gasteiger partial charge < -0.3 is 20.3 Å². The van der Waals surface area contributed by atoms with E-state index in [1.165, 1.54) is 31.1 Å². The number of urea groups is 1. The number of carbonyl (C=O) groups excluding carboxylic acids is 3. The molecule has 0 aromatic heterocycles. The molecule has 176 valence electrons. The van der Waals surface area contributed by atoms with Crippen LogP contribution in [0.2, 0.25) is 0 Å². The highest BCUT2D eigenvalue weighted by molar-refractivity contribution is 7.89. The van der Waals surface area contributed by atoms with Crippen molar-refractivity contribution in [1.29, 1.82) is 0 Å². The number of carbonyl (C=O) groups is 3. The first-order chi connectivity index (χ1) is 15.7. The molecule has 0 radical (unpaired) electrons. The number of para-hydroxylation sites is 1. The van der Waals surface area contributed by atoms with E-state index in [-0.39, 0.29) is 24.5 Å². The number of sulfonamides is 1. The molecular formula is C22H26N4O6S. The van der Waals surface area contributed by atoms with Gasteiger partial charge in [0.15, 0.2) is 0 Å². The van der Waals surface area contributed by atoms with E-state index in [1.807, 2.05) is 6.07 Å². The van der Waals surface area contributed by atoms with Crippen LogP contribution in [-0.2, 0) is 24.3 Å². The van der Waals surface area contributed by atoms with Gasteiger partial charge in [0.05, 0.1) is 12.0 Å². The molecule has 33 heavy (non-hydrogen) atoms. The van der Waals surface area contributed by atoms with E-state index in [4.69, 9.17) is 0 Å². The molecule has 0 aliphatic carbocycles. The number of hydrogen-bond donors (Lipinski definition) is 2. The number of hydrogen-bond acceptors (Lipinski definition) is 6. The van der Waals surface area contributed by atoms with Crippen molar-refractivity contribution in [3.8, 4) is 0 Å². The van der Waals surface area contributed by atoms with Crippen LogP contribution in [-0.4, -0.2) is 74.4 Å². The summed E-state index contributed by atoms with van der Waals surface area (Å²) < 4.78 is 32.3. The van der Waals surface area contributed by atoms with Crippen molar-refractivity contribution >= 4 is 33.6 Å². The van der Waals surface area contributed by atoms with E-state index in [0.29, 0.717) is 5.69 Å². The summed E-state index contributed by atoms with van der Waals surface area (Å²) in [7, 11) is -2.84. The standard InChI is InChI=1S/C22H26N4O6S/c1-16(21(28)32-2)23-20(27)19-15-25(22(29)24-17-9-5-3-6-10-17)13-14-26(19)33(30,31)18-11-7-4-8-12-18/h3-12,16,19H,13-15H2,1-2H3,(H,23,27)(H,24,29)/t16-,19+/m1/s1. The van der Waals surface area contributed by atoms with E-state index < -0.39 is 40.0 Å². The Labute approximate surface area is 192 Å². The van der Waals surface area contributed by atoms with Gasteiger partial charge in [-0.3, -0.25) is 4.79 Å². The lowest BCUT2D eigenvalue weighted by Crippen LogP contribution is -2.62. The monoisotopic (exact) mass is 474 g/mol. The molecular weight excluding hydrogens is 448 g/mol. The molecule has 1 aliphatic heterocycles. The molecule has 10 nitrogen and oxygen atoms in total. The van der Waals surface area contributed by atoms with Gasteiger partial charge in [-0.15, -0.1) is 0 Å². The van der Waals surface area contributed by atoms with Gasteiger partial charge in [0.2, 0.25) is 15.9 Å². The molecule has 2 aromatic carbocycles. The quantitative estimate of drug-likeness (QED) is 0.608. The lowest BCUT2D eigenvalue weighted by atomic mass is 10.2. The Morgan fingerprint density at radius 2 is 1.61 bits per heavy atom. The van der Waals surface area contributed by atoms with Crippen molar-refractivity contribution in [2.24, 2.45) is 0 Å². The van der Waals surface area contributed by atoms with E-state index in [2.05, 4.69) is 15.4 Å². The first kappa shape index (κ1) is 24.2. The van der Waals surface area contributed by atoms with Gasteiger partial charge in [0.25, 0.3) is 0 Å². The average Bonchev–Trinajstić information content (AvgIpc) is 2.84. The summed E-state index contributed by atoms with van der Waals surface area (Å²) in [5.74, 6) is -1.38. The number of rotatable bonds is 6. The summed E-state index contributed by atoms with van der Waals surface area (Å²) in [6.07, 6.45) is 0. The lowest BCUT2D eigenvalue weighted by Gasteiger charge is -2.39. The van der Waals surface area contributed by atoms with Crippen LogP contribution in [0.4, 0.5) is 10.5 Å². The van der Waals surface area contributed by atoms with Gasteiger partial charge in [-0.05, 0) is 31.2 Å². The zero-order chi connectivity index (χ0) is 24.0. The summed E-state index contributed by atoms with van der Waals surface area (Å²) in [5, 5.41) is 5.22. The third-order valence-corrected chi connectivity index (χ3v) is 7.13. The van der Waals surface area contributed by atoms with Crippen LogP contribution >= 0.6 is 0 Å². The zero-order valence-electron chi connectivity index (χ0n) is 18.3. The lowest BCUT2D eigenvalue weighted by molar-refractivity contribution is -0.145. The van der Waals surface area contributed by atoms with Crippen LogP contribution in [0.15, 0.2) is 65.6 Å². The molecule has 0 spiro atoms. The van der Waals surface area contributed by atoms with Gasteiger partial charge in [-0.2, -0.15) is 4.31 Å². The fourth-order valence-electron chi connectivity index (χ4n) is 3.45. The summed E-state index contributed by atoms with van der Waals surface area (Å²) in [4.78, 5) is 39.0. The number of piperazine rings is 1. The molecule has 0 saturated carbocycles. The number of esters is 1. The Balaban J connectivity index is 1.85. The van der Waals surface area contributed by atoms with E-state index in [0.717, 1.165) is 4.31 Å². The SMILES string of the molecule is COC(=O)[C@@H](C)NC(=O)[C@@H]1CN(C(=O)Nc2ccccc2)CCN1S(=O)(=O)c1ccccc1. The Kier molecular flexibility index (Phi) is 7.67. The summed E-state index contributed by atoms with van der Waals surface area (Å²) in [6, 6.07) is 13.8. The number of anilines is 1. The molecule has 3 rings (SSSR count). The first-order valence-electron chi connectivity index (χ1n) is 10.3. The van der Waals surface area contributed by atoms with Crippen LogP contribution in [0.1, 0.15) is 6.92 Å². The Hall–Kier alpha value is -3.44. The first-order valence-corrected chi connectivity index (χ1v) is 11.7. The highest BCUT2D eigenvalue weighted by Gasteiger charge is 2.42. The van der Waals surface area contributed by atoms with Crippen LogP contribution in [0.5, 0.6) is 0 Å². The largest absolute Gasteiger partial charge is 0.467 e. The van der Waals surface area contributed by atoms with Gasteiger partial charge in [-0.25, -0.2) is 18.0 Å².